The predicted molar refractivity (Wildman–Crippen MR) is 94.0 cm³/mol. The second-order valence-electron chi connectivity index (χ2n) is 5.46. The maximum Gasteiger partial charge on any atom is 0.255 e. The molecule has 6 heteroatoms. The lowest BCUT2D eigenvalue weighted by molar-refractivity contribution is 0.0945. The van der Waals surface area contributed by atoms with Crippen molar-refractivity contribution in [1.29, 1.82) is 0 Å². The molecule has 0 bridgehead atoms. The highest BCUT2D eigenvalue weighted by Crippen LogP contribution is 2.25. The molecular formula is C18H19BrFNO3. The minimum Gasteiger partial charge on any atom is -0.494 e. The van der Waals surface area contributed by atoms with Crippen LogP contribution in [-0.2, 0) is 6.54 Å². The van der Waals surface area contributed by atoms with Gasteiger partial charge in [0.15, 0.2) is 11.6 Å². The third-order valence-electron chi connectivity index (χ3n) is 3.22. The minimum absolute atomic E-state index is 0.0541. The Hall–Kier alpha value is -2.08. The second kappa shape index (κ2) is 8.15. The first-order valence-corrected chi connectivity index (χ1v) is 8.27. The molecule has 2 aromatic rings. The lowest BCUT2D eigenvalue weighted by Gasteiger charge is -2.15. The average molecular weight is 396 g/mol. The number of ether oxygens (including phenoxy) is 2. The van der Waals surface area contributed by atoms with Gasteiger partial charge in [-0.3, -0.25) is 4.79 Å². The van der Waals surface area contributed by atoms with Gasteiger partial charge in [0.25, 0.3) is 5.91 Å². The van der Waals surface area contributed by atoms with E-state index in [1.54, 1.807) is 24.3 Å². The van der Waals surface area contributed by atoms with Gasteiger partial charge in [0, 0.05) is 11.0 Å². The molecule has 0 spiro atoms. The van der Waals surface area contributed by atoms with Gasteiger partial charge < -0.3 is 14.8 Å². The fourth-order valence-electron chi connectivity index (χ4n) is 2.13. The molecule has 0 aromatic heterocycles. The number of methoxy groups -OCH3 is 1. The standard InChI is InChI=1S/C18H19BrFNO3/c1-11(2)24-17-9-13(19)5-6-14(17)18(22)21-10-12-4-7-16(23-3)15(20)8-12/h4-9,11H,10H2,1-3H3,(H,21,22). The first kappa shape index (κ1) is 18.3. The summed E-state index contributed by atoms with van der Waals surface area (Å²) >= 11 is 3.37. The van der Waals surface area contributed by atoms with E-state index in [1.165, 1.54) is 19.2 Å². The molecular weight excluding hydrogens is 377 g/mol. The molecule has 0 fully saturated rings. The first-order chi connectivity index (χ1) is 11.4. The molecule has 4 nitrogen and oxygen atoms in total. The van der Waals surface area contributed by atoms with E-state index in [2.05, 4.69) is 21.2 Å². The third kappa shape index (κ3) is 4.71. The normalized spacial score (nSPS) is 10.6. The van der Waals surface area contributed by atoms with E-state index in [0.717, 1.165) is 4.47 Å². The van der Waals surface area contributed by atoms with Crippen LogP contribution in [0.3, 0.4) is 0 Å². The van der Waals surface area contributed by atoms with Crippen LogP contribution in [-0.4, -0.2) is 19.1 Å². The molecule has 0 aliphatic carbocycles. The Labute approximate surface area is 149 Å². The molecule has 1 amide bonds. The average Bonchev–Trinajstić information content (AvgIpc) is 2.52. The van der Waals surface area contributed by atoms with Crippen LogP contribution >= 0.6 is 15.9 Å². The zero-order valence-corrected chi connectivity index (χ0v) is 15.3. The summed E-state index contributed by atoms with van der Waals surface area (Å²) in [7, 11) is 1.41. The molecule has 0 heterocycles. The van der Waals surface area contributed by atoms with E-state index in [4.69, 9.17) is 9.47 Å². The van der Waals surface area contributed by atoms with Crippen molar-refractivity contribution in [1.82, 2.24) is 5.32 Å². The lowest BCUT2D eigenvalue weighted by Crippen LogP contribution is -2.24. The van der Waals surface area contributed by atoms with Crippen molar-refractivity contribution in [3.63, 3.8) is 0 Å². The fraction of sp³-hybridized carbons (Fsp3) is 0.278. The first-order valence-electron chi connectivity index (χ1n) is 7.47. The highest BCUT2D eigenvalue weighted by molar-refractivity contribution is 9.10. The highest BCUT2D eigenvalue weighted by atomic mass is 79.9. The van der Waals surface area contributed by atoms with Crippen LogP contribution in [0.4, 0.5) is 4.39 Å². The number of carbonyl (C=O) groups is 1. The molecule has 128 valence electrons. The smallest absolute Gasteiger partial charge is 0.255 e. The van der Waals surface area contributed by atoms with Gasteiger partial charge in [-0.1, -0.05) is 22.0 Å². The number of nitrogens with one attached hydrogen (secondary N) is 1. The molecule has 0 saturated heterocycles. The van der Waals surface area contributed by atoms with Gasteiger partial charge in [0.1, 0.15) is 5.75 Å². The van der Waals surface area contributed by atoms with Crippen LogP contribution in [0, 0.1) is 5.82 Å². The second-order valence-corrected chi connectivity index (χ2v) is 6.37. The van der Waals surface area contributed by atoms with Crippen molar-refractivity contribution < 1.29 is 18.7 Å². The Balaban J connectivity index is 2.11. The van der Waals surface area contributed by atoms with Gasteiger partial charge in [-0.15, -0.1) is 0 Å². The SMILES string of the molecule is COc1ccc(CNC(=O)c2ccc(Br)cc2OC(C)C)cc1F. The Bertz CT molecular complexity index is 734. The van der Waals surface area contributed by atoms with Gasteiger partial charge in [0.05, 0.1) is 18.8 Å². The monoisotopic (exact) mass is 395 g/mol. The largest absolute Gasteiger partial charge is 0.494 e. The zero-order valence-electron chi connectivity index (χ0n) is 13.7. The molecule has 2 rings (SSSR count). The summed E-state index contributed by atoms with van der Waals surface area (Å²) in [5.41, 5.74) is 1.07. The third-order valence-corrected chi connectivity index (χ3v) is 3.71. The van der Waals surface area contributed by atoms with Gasteiger partial charge >= 0.3 is 0 Å². The van der Waals surface area contributed by atoms with Crippen molar-refractivity contribution in [3.05, 3.63) is 57.8 Å². The summed E-state index contributed by atoms with van der Waals surface area (Å²) in [4.78, 5) is 12.4. The number of rotatable bonds is 6. The number of halogens is 2. The molecule has 1 N–H and O–H groups in total. The van der Waals surface area contributed by atoms with E-state index in [-0.39, 0.29) is 24.3 Å². The fourth-order valence-corrected chi connectivity index (χ4v) is 2.47. The topological polar surface area (TPSA) is 47.6 Å². The maximum absolute atomic E-state index is 13.7. The summed E-state index contributed by atoms with van der Waals surface area (Å²) in [6, 6.07) is 9.79. The van der Waals surface area contributed by atoms with Crippen molar-refractivity contribution in [2.45, 2.75) is 26.5 Å². The summed E-state index contributed by atoms with van der Waals surface area (Å²) < 4.78 is 25.1. The maximum atomic E-state index is 13.7. The summed E-state index contributed by atoms with van der Waals surface area (Å²) in [6.07, 6.45) is -0.0541. The molecule has 0 aliphatic heterocycles. The Morgan fingerprint density at radius 2 is 1.96 bits per heavy atom. The summed E-state index contributed by atoms with van der Waals surface area (Å²) in [5.74, 6) is -0.0745. The van der Waals surface area contributed by atoms with Crippen molar-refractivity contribution >= 4 is 21.8 Å². The summed E-state index contributed by atoms with van der Waals surface area (Å²) in [5, 5.41) is 2.77. The number of benzene rings is 2. The Morgan fingerprint density at radius 3 is 2.58 bits per heavy atom. The van der Waals surface area contributed by atoms with Gasteiger partial charge in [0.2, 0.25) is 0 Å². The van der Waals surface area contributed by atoms with Gasteiger partial charge in [-0.05, 0) is 49.7 Å². The van der Waals surface area contributed by atoms with Crippen molar-refractivity contribution in [2.75, 3.05) is 7.11 Å². The molecule has 0 radical (unpaired) electrons. The van der Waals surface area contributed by atoms with E-state index in [0.29, 0.717) is 16.9 Å². The predicted octanol–water partition coefficient (Wildman–Crippen LogP) is 4.31. The van der Waals surface area contributed by atoms with Crippen LogP contribution in [0.25, 0.3) is 0 Å². The van der Waals surface area contributed by atoms with E-state index < -0.39 is 5.82 Å². The van der Waals surface area contributed by atoms with E-state index in [1.807, 2.05) is 13.8 Å². The van der Waals surface area contributed by atoms with Crippen molar-refractivity contribution in [3.8, 4) is 11.5 Å². The number of amides is 1. The van der Waals surface area contributed by atoms with Crippen LogP contribution in [0.2, 0.25) is 0 Å². The van der Waals surface area contributed by atoms with Crippen LogP contribution in [0.1, 0.15) is 29.8 Å². The van der Waals surface area contributed by atoms with Gasteiger partial charge in [-0.2, -0.15) is 0 Å². The highest BCUT2D eigenvalue weighted by Gasteiger charge is 2.14. The number of hydrogen-bond donors (Lipinski definition) is 1. The van der Waals surface area contributed by atoms with Crippen LogP contribution in [0.5, 0.6) is 11.5 Å². The van der Waals surface area contributed by atoms with Crippen LogP contribution in [0.15, 0.2) is 40.9 Å². The quantitative estimate of drug-likeness (QED) is 0.792. The van der Waals surface area contributed by atoms with E-state index in [9.17, 15) is 9.18 Å². The summed E-state index contributed by atoms with van der Waals surface area (Å²) in [6.45, 7) is 3.99. The lowest BCUT2D eigenvalue weighted by atomic mass is 10.1. The zero-order chi connectivity index (χ0) is 17.7. The van der Waals surface area contributed by atoms with Crippen LogP contribution < -0.4 is 14.8 Å². The molecule has 2 aromatic carbocycles. The molecule has 0 saturated carbocycles. The Morgan fingerprint density at radius 1 is 1.21 bits per heavy atom. The van der Waals surface area contributed by atoms with Gasteiger partial charge in [-0.25, -0.2) is 4.39 Å². The molecule has 24 heavy (non-hydrogen) atoms. The molecule has 0 unspecified atom stereocenters. The minimum atomic E-state index is -0.461. The molecule has 0 aliphatic rings. The van der Waals surface area contributed by atoms with E-state index >= 15 is 0 Å². The molecule has 0 atom stereocenters. The van der Waals surface area contributed by atoms with Crippen molar-refractivity contribution in [2.24, 2.45) is 0 Å². The Kier molecular flexibility index (Phi) is 6.20. The number of carbonyl (C=O) groups excluding carboxylic acids is 1. The number of hydrogen-bond acceptors (Lipinski definition) is 3.